The van der Waals surface area contributed by atoms with E-state index in [9.17, 15) is 9.59 Å². The van der Waals surface area contributed by atoms with Crippen LogP contribution in [-0.4, -0.2) is 40.0 Å². The average Bonchev–Trinajstić information content (AvgIpc) is 2.70. The van der Waals surface area contributed by atoms with Gasteiger partial charge in [-0.1, -0.05) is 6.07 Å². The first-order valence-electron chi connectivity index (χ1n) is 8.42. The van der Waals surface area contributed by atoms with Crippen LogP contribution in [0.5, 0.6) is 23.0 Å². The number of hydrogen-bond donors (Lipinski definition) is 0. The SMILES string of the molecule is COc1ccc(C(=O)CC(C(C)=O)c2ccc(OC)c(OC)c2)cc1OC. The van der Waals surface area contributed by atoms with Gasteiger partial charge in [0.1, 0.15) is 5.78 Å². The monoisotopic (exact) mass is 372 g/mol. The summed E-state index contributed by atoms with van der Waals surface area (Å²) in [5.74, 6) is 1.24. The zero-order valence-electron chi connectivity index (χ0n) is 16.2. The summed E-state index contributed by atoms with van der Waals surface area (Å²) < 4.78 is 21.0. The van der Waals surface area contributed by atoms with Crippen LogP contribution in [0, 0.1) is 0 Å². The fourth-order valence-corrected chi connectivity index (χ4v) is 2.88. The molecule has 2 aromatic rings. The van der Waals surface area contributed by atoms with E-state index in [1.807, 2.05) is 0 Å². The highest BCUT2D eigenvalue weighted by molar-refractivity contribution is 6.00. The summed E-state index contributed by atoms with van der Waals surface area (Å²) in [5, 5.41) is 0. The summed E-state index contributed by atoms with van der Waals surface area (Å²) in [6, 6.07) is 10.2. The van der Waals surface area contributed by atoms with Crippen molar-refractivity contribution < 1.29 is 28.5 Å². The third-order valence-electron chi connectivity index (χ3n) is 4.40. The van der Waals surface area contributed by atoms with Gasteiger partial charge in [-0.3, -0.25) is 9.59 Å². The lowest BCUT2D eigenvalue weighted by Gasteiger charge is -2.16. The number of methoxy groups -OCH3 is 4. The number of ketones is 2. The van der Waals surface area contributed by atoms with Crippen LogP contribution >= 0.6 is 0 Å². The van der Waals surface area contributed by atoms with E-state index in [0.717, 1.165) is 0 Å². The minimum absolute atomic E-state index is 0.0420. The summed E-state index contributed by atoms with van der Waals surface area (Å²) >= 11 is 0. The number of ether oxygens (including phenoxy) is 4. The largest absolute Gasteiger partial charge is 0.493 e. The van der Waals surface area contributed by atoms with Crippen LogP contribution in [0.2, 0.25) is 0 Å². The van der Waals surface area contributed by atoms with Gasteiger partial charge in [-0.15, -0.1) is 0 Å². The van der Waals surface area contributed by atoms with Crippen molar-refractivity contribution in [1.29, 1.82) is 0 Å². The molecule has 0 heterocycles. The maximum absolute atomic E-state index is 12.8. The molecule has 1 atom stereocenters. The van der Waals surface area contributed by atoms with Crippen LogP contribution in [0.4, 0.5) is 0 Å². The Morgan fingerprint density at radius 3 is 1.81 bits per heavy atom. The first-order valence-corrected chi connectivity index (χ1v) is 8.42. The van der Waals surface area contributed by atoms with Crippen LogP contribution in [0.3, 0.4) is 0 Å². The molecule has 2 rings (SSSR count). The average molecular weight is 372 g/mol. The van der Waals surface area contributed by atoms with Crippen LogP contribution in [0.1, 0.15) is 35.2 Å². The first-order chi connectivity index (χ1) is 12.9. The summed E-state index contributed by atoms with van der Waals surface area (Å²) in [6.45, 7) is 1.48. The molecule has 0 bridgehead atoms. The van der Waals surface area contributed by atoms with Gasteiger partial charge >= 0.3 is 0 Å². The number of carbonyl (C=O) groups is 2. The molecule has 0 amide bonds. The molecule has 144 valence electrons. The first kappa shape index (κ1) is 20.3. The molecule has 0 fully saturated rings. The minimum atomic E-state index is -0.578. The molecule has 0 saturated carbocycles. The fraction of sp³-hybridized carbons (Fsp3) is 0.333. The van der Waals surface area contributed by atoms with Gasteiger partial charge in [0.05, 0.1) is 28.4 Å². The minimum Gasteiger partial charge on any atom is -0.493 e. The zero-order valence-corrected chi connectivity index (χ0v) is 16.2. The van der Waals surface area contributed by atoms with E-state index in [1.165, 1.54) is 28.3 Å². The third kappa shape index (κ3) is 4.58. The second-order valence-electron chi connectivity index (χ2n) is 5.97. The molecule has 1 unspecified atom stereocenters. The lowest BCUT2D eigenvalue weighted by atomic mass is 9.88. The molecule has 27 heavy (non-hydrogen) atoms. The Morgan fingerprint density at radius 2 is 1.30 bits per heavy atom. The van der Waals surface area contributed by atoms with Crippen LogP contribution in [0.15, 0.2) is 36.4 Å². The molecule has 0 saturated heterocycles. The van der Waals surface area contributed by atoms with Crippen LogP contribution in [0.25, 0.3) is 0 Å². The molecule has 0 aliphatic carbocycles. The van der Waals surface area contributed by atoms with Gasteiger partial charge in [0, 0.05) is 17.9 Å². The van der Waals surface area contributed by atoms with E-state index in [1.54, 1.807) is 43.5 Å². The summed E-state index contributed by atoms with van der Waals surface area (Å²) in [6.07, 6.45) is 0.0420. The van der Waals surface area contributed by atoms with Crippen molar-refractivity contribution in [3.05, 3.63) is 47.5 Å². The van der Waals surface area contributed by atoms with Crippen molar-refractivity contribution in [3.63, 3.8) is 0 Å². The van der Waals surface area contributed by atoms with Crippen molar-refractivity contribution in [1.82, 2.24) is 0 Å². The topological polar surface area (TPSA) is 71.1 Å². The summed E-state index contributed by atoms with van der Waals surface area (Å²) in [4.78, 5) is 25.0. The van der Waals surface area contributed by atoms with Gasteiger partial charge in [0.15, 0.2) is 28.8 Å². The normalized spacial score (nSPS) is 11.4. The van der Waals surface area contributed by atoms with Crippen LogP contribution < -0.4 is 18.9 Å². The molecule has 2 aromatic carbocycles. The van der Waals surface area contributed by atoms with Gasteiger partial charge in [-0.2, -0.15) is 0 Å². The second kappa shape index (κ2) is 9.07. The molecule has 0 N–H and O–H groups in total. The molecule has 0 radical (unpaired) electrons. The highest BCUT2D eigenvalue weighted by Crippen LogP contribution is 2.34. The lowest BCUT2D eigenvalue weighted by Crippen LogP contribution is -2.15. The van der Waals surface area contributed by atoms with Crippen molar-refractivity contribution >= 4 is 11.6 Å². The molecule has 0 aliphatic rings. The number of benzene rings is 2. The van der Waals surface area contributed by atoms with E-state index in [4.69, 9.17) is 18.9 Å². The molecule has 6 nitrogen and oxygen atoms in total. The van der Waals surface area contributed by atoms with Gasteiger partial charge in [0.25, 0.3) is 0 Å². The van der Waals surface area contributed by atoms with Gasteiger partial charge in [-0.25, -0.2) is 0 Å². The van der Waals surface area contributed by atoms with Crippen molar-refractivity contribution in [2.24, 2.45) is 0 Å². The standard InChI is InChI=1S/C21H24O6/c1-13(22)16(14-6-8-18(24-2)20(10-14)26-4)12-17(23)15-7-9-19(25-3)21(11-15)27-5/h6-11,16H,12H2,1-5H3. The summed E-state index contributed by atoms with van der Waals surface area (Å²) in [7, 11) is 6.11. The van der Waals surface area contributed by atoms with Gasteiger partial charge in [0.2, 0.25) is 0 Å². The Bertz CT molecular complexity index is 827. The maximum atomic E-state index is 12.8. The number of carbonyl (C=O) groups excluding carboxylic acids is 2. The Balaban J connectivity index is 2.31. The second-order valence-corrected chi connectivity index (χ2v) is 5.97. The molecular formula is C21H24O6. The lowest BCUT2D eigenvalue weighted by molar-refractivity contribution is -0.118. The summed E-state index contributed by atoms with van der Waals surface area (Å²) in [5.41, 5.74) is 1.16. The van der Waals surface area contributed by atoms with E-state index in [0.29, 0.717) is 34.1 Å². The third-order valence-corrected chi connectivity index (χ3v) is 4.40. The molecule has 6 heteroatoms. The predicted molar refractivity (Wildman–Crippen MR) is 101 cm³/mol. The van der Waals surface area contributed by atoms with E-state index in [2.05, 4.69) is 0 Å². The van der Waals surface area contributed by atoms with Gasteiger partial charge < -0.3 is 18.9 Å². The van der Waals surface area contributed by atoms with Gasteiger partial charge in [-0.05, 0) is 42.8 Å². The van der Waals surface area contributed by atoms with Crippen LogP contribution in [-0.2, 0) is 4.79 Å². The fourth-order valence-electron chi connectivity index (χ4n) is 2.88. The Morgan fingerprint density at radius 1 is 0.778 bits per heavy atom. The van der Waals surface area contributed by atoms with Crippen molar-refractivity contribution in [3.8, 4) is 23.0 Å². The Kier molecular flexibility index (Phi) is 6.82. The Hall–Kier alpha value is -3.02. The number of Topliss-reactive ketones (excluding diaryl/α,β-unsaturated/α-hetero) is 2. The highest BCUT2D eigenvalue weighted by Gasteiger charge is 2.23. The zero-order chi connectivity index (χ0) is 20.0. The Labute approximate surface area is 159 Å². The number of rotatable bonds is 9. The molecule has 0 aliphatic heterocycles. The predicted octanol–water partition coefficient (Wildman–Crippen LogP) is 3.67. The maximum Gasteiger partial charge on any atom is 0.164 e. The molecule has 0 spiro atoms. The van der Waals surface area contributed by atoms with E-state index in [-0.39, 0.29) is 18.0 Å². The van der Waals surface area contributed by atoms with E-state index < -0.39 is 5.92 Å². The number of hydrogen-bond acceptors (Lipinski definition) is 6. The van der Waals surface area contributed by atoms with E-state index >= 15 is 0 Å². The molecule has 0 aromatic heterocycles. The van der Waals surface area contributed by atoms with Crippen molar-refractivity contribution in [2.45, 2.75) is 19.3 Å². The quantitative estimate of drug-likeness (QED) is 0.626. The van der Waals surface area contributed by atoms with Crippen molar-refractivity contribution in [2.75, 3.05) is 28.4 Å². The highest BCUT2D eigenvalue weighted by atomic mass is 16.5. The smallest absolute Gasteiger partial charge is 0.164 e. The molecular weight excluding hydrogens is 348 g/mol.